The molecule has 49 heavy (non-hydrogen) atoms. The highest BCUT2D eigenvalue weighted by Crippen LogP contribution is 2.35. The SMILES string of the molecule is C=COCCOCCN(CCOCCOC=C)C1CCCC(CCCC2CCCC(N(CCOCCOC=C)CCOCCOC=C)C2)C1. The Morgan fingerprint density at radius 3 is 1.06 bits per heavy atom. The van der Waals surface area contributed by atoms with E-state index in [1.54, 1.807) is 0 Å². The van der Waals surface area contributed by atoms with Crippen molar-refractivity contribution in [2.24, 2.45) is 11.8 Å². The molecule has 2 saturated carbocycles. The van der Waals surface area contributed by atoms with Gasteiger partial charge in [-0.25, -0.2) is 0 Å². The van der Waals surface area contributed by atoms with Crippen molar-refractivity contribution in [3.05, 3.63) is 51.4 Å². The zero-order valence-corrected chi connectivity index (χ0v) is 30.7. The zero-order chi connectivity index (χ0) is 35.0. The van der Waals surface area contributed by atoms with Gasteiger partial charge in [0.2, 0.25) is 0 Å². The number of rotatable bonds is 34. The summed E-state index contributed by atoms with van der Waals surface area (Å²) in [5, 5.41) is 0. The van der Waals surface area contributed by atoms with Crippen LogP contribution in [0.5, 0.6) is 0 Å². The minimum atomic E-state index is 0.544. The van der Waals surface area contributed by atoms with E-state index in [2.05, 4.69) is 36.1 Å². The molecule has 2 rings (SSSR count). The fourth-order valence-corrected chi connectivity index (χ4v) is 7.26. The maximum atomic E-state index is 5.86. The Balaban J connectivity index is 1.80. The number of nitrogens with zero attached hydrogens (tertiary/aromatic N) is 2. The van der Waals surface area contributed by atoms with Gasteiger partial charge in [0.1, 0.15) is 26.4 Å². The lowest BCUT2D eigenvalue weighted by Crippen LogP contribution is -2.43. The molecule has 4 atom stereocenters. The quantitative estimate of drug-likeness (QED) is 0.0544. The van der Waals surface area contributed by atoms with Crippen molar-refractivity contribution in [2.45, 2.75) is 82.7 Å². The minimum absolute atomic E-state index is 0.544. The highest BCUT2D eigenvalue weighted by Gasteiger charge is 2.29. The molecule has 4 unspecified atom stereocenters. The molecular weight excluding hydrogens is 624 g/mol. The van der Waals surface area contributed by atoms with E-state index < -0.39 is 0 Å². The van der Waals surface area contributed by atoms with Gasteiger partial charge in [0, 0.05) is 38.3 Å². The van der Waals surface area contributed by atoms with E-state index >= 15 is 0 Å². The molecule has 10 nitrogen and oxygen atoms in total. The third-order valence-electron chi connectivity index (χ3n) is 9.71. The summed E-state index contributed by atoms with van der Waals surface area (Å²) in [6.45, 7) is 25.4. The molecule has 2 aliphatic rings. The molecule has 10 heteroatoms. The molecule has 284 valence electrons. The van der Waals surface area contributed by atoms with Gasteiger partial charge in [-0.1, -0.05) is 71.3 Å². The van der Waals surface area contributed by atoms with Crippen molar-refractivity contribution in [2.75, 3.05) is 105 Å². The molecule has 0 N–H and O–H groups in total. The lowest BCUT2D eigenvalue weighted by molar-refractivity contribution is 0.0218. The Morgan fingerprint density at radius 2 is 0.755 bits per heavy atom. The Labute approximate surface area is 298 Å². The summed E-state index contributed by atoms with van der Waals surface area (Å²) in [6, 6.07) is 1.17. The van der Waals surface area contributed by atoms with Crippen LogP contribution in [0.3, 0.4) is 0 Å². The van der Waals surface area contributed by atoms with Gasteiger partial charge in [-0.3, -0.25) is 9.80 Å². The topological polar surface area (TPSA) is 80.3 Å². The first-order valence-corrected chi connectivity index (χ1v) is 18.9. The predicted molar refractivity (Wildman–Crippen MR) is 196 cm³/mol. The van der Waals surface area contributed by atoms with Crippen LogP contribution in [-0.2, 0) is 37.9 Å². The van der Waals surface area contributed by atoms with Gasteiger partial charge >= 0.3 is 0 Å². The molecule has 0 radical (unpaired) electrons. The van der Waals surface area contributed by atoms with Crippen LogP contribution in [0.25, 0.3) is 0 Å². The average molecular weight is 695 g/mol. The summed E-state index contributed by atoms with van der Waals surface area (Å²) in [5.41, 5.74) is 0. The second kappa shape index (κ2) is 30.7. The van der Waals surface area contributed by atoms with E-state index in [1.165, 1.54) is 95.7 Å². The zero-order valence-electron chi connectivity index (χ0n) is 30.7. The lowest BCUT2D eigenvalue weighted by Gasteiger charge is -2.39. The van der Waals surface area contributed by atoms with Gasteiger partial charge in [0.25, 0.3) is 0 Å². The second-order valence-electron chi connectivity index (χ2n) is 13.0. The van der Waals surface area contributed by atoms with Gasteiger partial charge in [0.15, 0.2) is 0 Å². The van der Waals surface area contributed by atoms with E-state index in [0.29, 0.717) is 91.4 Å². The van der Waals surface area contributed by atoms with Gasteiger partial charge in [-0.15, -0.1) is 0 Å². The molecule has 2 aliphatic carbocycles. The van der Waals surface area contributed by atoms with Crippen LogP contribution in [0.1, 0.15) is 70.6 Å². The first kappa shape index (κ1) is 43.1. The summed E-state index contributed by atoms with van der Waals surface area (Å²) in [4.78, 5) is 5.20. The first-order valence-electron chi connectivity index (χ1n) is 18.9. The fraction of sp³-hybridized carbons (Fsp3) is 0.795. The second-order valence-corrected chi connectivity index (χ2v) is 13.0. The molecule has 0 heterocycles. The minimum Gasteiger partial charge on any atom is -0.499 e. The molecule has 0 aromatic rings. The van der Waals surface area contributed by atoms with Crippen LogP contribution in [-0.4, -0.2) is 127 Å². The Morgan fingerprint density at radius 1 is 0.429 bits per heavy atom. The number of hydrogen-bond donors (Lipinski definition) is 0. The molecule has 2 fully saturated rings. The number of ether oxygens (including phenoxy) is 8. The van der Waals surface area contributed by atoms with Gasteiger partial charge in [0.05, 0.1) is 77.9 Å². The van der Waals surface area contributed by atoms with E-state index in [9.17, 15) is 0 Å². The van der Waals surface area contributed by atoms with Crippen LogP contribution < -0.4 is 0 Å². The summed E-state index contributed by atoms with van der Waals surface area (Å²) < 4.78 is 44.3. The summed E-state index contributed by atoms with van der Waals surface area (Å²) >= 11 is 0. The van der Waals surface area contributed by atoms with Crippen LogP contribution >= 0.6 is 0 Å². The molecule has 0 aromatic carbocycles. The van der Waals surface area contributed by atoms with Crippen LogP contribution in [0.2, 0.25) is 0 Å². The lowest BCUT2D eigenvalue weighted by atomic mass is 9.79. The van der Waals surface area contributed by atoms with E-state index in [0.717, 1.165) is 38.0 Å². The molecule has 0 aromatic heterocycles. The molecule has 0 saturated heterocycles. The van der Waals surface area contributed by atoms with E-state index in [1.807, 2.05) is 0 Å². The van der Waals surface area contributed by atoms with Crippen molar-refractivity contribution < 1.29 is 37.9 Å². The van der Waals surface area contributed by atoms with Gasteiger partial charge in [-0.05, 0) is 37.5 Å². The molecule has 0 aliphatic heterocycles. The third kappa shape index (κ3) is 21.7. The third-order valence-corrected chi connectivity index (χ3v) is 9.71. The maximum Gasteiger partial charge on any atom is 0.111 e. The Hall–Kier alpha value is -2.08. The van der Waals surface area contributed by atoms with Crippen LogP contribution in [0.4, 0.5) is 0 Å². The molecule has 0 spiro atoms. The summed E-state index contributed by atoms with van der Waals surface area (Å²) in [5.74, 6) is 1.59. The van der Waals surface area contributed by atoms with Crippen molar-refractivity contribution in [3.8, 4) is 0 Å². The Kier molecular flexibility index (Phi) is 27.0. The van der Waals surface area contributed by atoms with E-state index in [4.69, 9.17) is 37.9 Å². The maximum absolute atomic E-state index is 5.86. The van der Waals surface area contributed by atoms with Crippen molar-refractivity contribution in [1.82, 2.24) is 9.80 Å². The van der Waals surface area contributed by atoms with Crippen LogP contribution in [0, 0.1) is 11.8 Å². The molecule has 0 amide bonds. The normalized spacial score (nSPS) is 20.9. The van der Waals surface area contributed by atoms with Crippen molar-refractivity contribution >= 4 is 0 Å². The monoisotopic (exact) mass is 695 g/mol. The highest BCUT2D eigenvalue weighted by atomic mass is 16.5. The smallest absolute Gasteiger partial charge is 0.111 e. The van der Waals surface area contributed by atoms with Crippen LogP contribution in [0.15, 0.2) is 51.4 Å². The van der Waals surface area contributed by atoms with Gasteiger partial charge in [-0.2, -0.15) is 0 Å². The largest absolute Gasteiger partial charge is 0.499 e. The van der Waals surface area contributed by atoms with Crippen molar-refractivity contribution in [3.63, 3.8) is 0 Å². The number of hydrogen-bond acceptors (Lipinski definition) is 10. The fourth-order valence-electron chi connectivity index (χ4n) is 7.26. The molecular formula is C39H70N2O8. The summed E-state index contributed by atoms with van der Waals surface area (Å²) in [6.07, 6.45) is 20.2. The van der Waals surface area contributed by atoms with Gasteiger partial charge < -0.3 is 37.9 Å². The Bertz CT molecular complexity index is 714. The standard InChI is InChI=1S/C39H70N2O8/c1-5-42-26-30-46-22-18-40(19-23-47-31-27-43-6-2)38-16-10-14-36(34-38)12-9-13-37-15-11-17-39(35-37)41(20-24-48-32-28-44-7-3)21-25-49-33-29-45-8-4/h5-8,36-39H,1-4,9-35H2. The average Bonchev–Trinajstić information content (AvgIpc) is 3.12. The van der Waals surface area contributed by atoms with E-state index in [-0.39, 0.29) is 0 Å². The predicted octanol–water partition coefficient (Wildman–Crippen LogP) is 6.59. The molecule has 0 bridgehead atoms. The first-order chi connectivity index (χ1) is 24.2. The van der Waals surface area contributed by atoms with Crippen molar-refractivity contribution in [1.29, 1.82) is 0 Å². The highest BCUT2D eigenvalue weighted by molar-refractivity contribution is 4.83. The summed E-state index contributed by atoms with van der Waals surface area (Å²) in [7, 11) is 0.